The molecule has 0 amide bonds. The van der Waals surface area contributed by atoms with Crippen molar-refractivity contribution in [1.29, 1.82) is 0 Å². The highest BCUT2D eigenvalue weighted by Crippen LogP contribution is 2.60. The molecule has 0 saturated carbocycles. The summed E-state index contributed by atoms with van der Waals surface area (Å²) in [6.45, 7) is -0.381. The van der Waals surface area contributed by atoms with Gasteiger partial charge in [-0.25, -0.2) is 0 Å². The SMILES string of the molecule is Oc1cc(O)c2c(c1)O[C@@]1(c3ccc(O)c(O)c3)COc3cc(O)c4c(c3[C@@H]2[C@H]1O)O[C@H](c1ccc(O)c(O)c1)[C@H](O)C4. The van der Waals surface area contributed by atoms with Gasteiger partial charge < -0.3 is 60.2 Å². The third-order valence-electron chi connectivity index (χ3n) is 8.42. The summed E-state index contributed by atoms with van der Waals surface area (Å²) in [6.07, 6.45) is -3.92. The predicted octanol–water partition coefficient (Wildman–Crippen LogP) is 2.84. The lowest BCUT2D eigenvalue weighted by molar-refractivity contribution is -0.0984. The second-order valence-electron chi connectivity index (χ2n) is 11.0. The van der Waals surface area contributed by atoms with E-state index < -0.39 is 52.8 Å². The van der Waals surface area contributed by atoms with Crippen molar-refractivity contribution in [1.82, 2.24) is 0 Å². The predicted molar refractivity (Wildman–Crippen MR) is 146 cm³/mol. The van der Waals surface area contributed by atoms with Crippen molar-refractivity contribution in [3.63, 3.8) is 0 Å². The van der Waals surface area contributed by atoms with Crippen LogP contribution in [0.5, 0.6) is 57.5 Å². The topological polar surface area (TPSA) is 210 Å². The fourth-order valence-corrected chi connectivity index (χ4v) is 6.34. The Morgan fingerprint density at radius 1 is 0.674 bits per heavy atom. The number of aliphatic hydroxyl groups excluding tert-OH is 2. The van der Waals surface area contributed by atoms with Gasteiger partial charge in [0.25, 0.3) is 0 Å². The minimum Gasteiger partial charge on any atom is -0.508 e. The Morgan fingerprint density at radius 2 is 1.40 bits per heavy atom. The van der Waals surface area contributed by atoms with E-state index in [0.29, 0.717) is 5.56 Å². The zero-order valence-electron chi connectivity index (χ0n) is 22.2. The van der Waals surface area contributed by atoms with Crippen LogP contribution in [0.3, 0.4) is 0 Å². The van der Waals surface area contributed by atoms with E-state index in [2.05, 4.69) is 0 Å². The van der Waals surface area contributed by atoms with Gasteiger partial charge in [0.05, 0.1) is 12.0 Å². The number of rotatable bonds is 2. The molecule has 3 aliphatic rings. The van der Waals surface area contributed by atoms with E-state index in [9.17, 15) is 46.0 Å². The van der Waals surface area contributed by atoms with Crippen molar-refractivity contribution in [2.24, 2.45) is 0 Å². The molecule has 0 unspecified atom stereocenters. The quantitative estimate of drug-likeness (QED) is 0.154. The summed E-state index contributed by atoms with van der Waals surface area (Å²) in [5.74, 6) is -3.76. The van der Waals surface area contributed by atoms with Crippen LogP contribution in [0.4, 0.5) is 0 Å². The summed E-state index contributed by atoms with van der Waals surface area (Å²) in [5, 5.41) is 95.7. The fraction of sp³-hybridized carbons (Fsp3) is 0.226. The molecular weight excluding hydrogens is 564 g/mol. The van der Waals surface area contributed by atoms with Gasteiger partial charge in [-0.3, -0.25) is 0 Å². The number of benzene rings is 4. The number of hydrogen-bond donors (Lipinski definition) is 9. The third-order valence-corrected chi connectivity index (χ3v) is 8.42. The second kappa shape index (κ2) is 9.15. The van der Waals surface area contributed by atoms with Crippen LogP contribution >= 0.6 is 0 Å². The minimum absolute atomic E-state index is 0.00510. The second-order valence-corrected chi connectivity index (χ2v) is 11.0. The van der Waals surface area contributed by atoms with Crippen LogP contribution in [-0.4, -0.2) is 64.8 Å². The molecule has 4 aromatic rings. The van der Waals surface area contributed by atoms with Crippen LogP contribution in [0, 0.1) is 0 Å². The Hall–Kier alpha value is -5.20. The number of hydrogen-bond acceptors (Lipinski definition) is 12. The molecule has 43 heavy (non-hydrogen) atoms. The van der Waals surface area contributed by atoms with Crippen molar-refractivity contribution in [3.8, 4) is 57.5 Å². The van der Waals surface area contributed by atoms with E-state index in [0.717, 1.165) is 6.07 Å². The first-order valence-corrected chi connectivity index (χ1v) is 13.3. The van der Waals surface area contributed by atoms with Crippen molar-refractivity contribution >= 4 is 0 Å². The molecule has 3 heterocycles. The smallest absolute Gasteiger partial charge is 0.194 e. The molecule has 0 fully saturated rings. The maximum absolute atomic E-state index is 12.1. The van der Waals surface area contributed by atoms with Gasteiger partial charge in [-0.1, -0.05) is 12.1 Å². The Kier molecular flexibility index (Phi) is 5.68. The van der Waals surface area contributed by atoms with Crippen molar-refractivity contribution < 1.29 is 60.2 Å². The zero-order valence-corrected chi connectivity index (χ0v) is 22.2. The molecule has 0 radical (unpaired) electrons. The molecule has 12 heteroatoms. The summed E-state index contributed by atoms with van der Waals surface area (Å²) >= 11 is 0. The molecule has 222 valence electrons. The standard InChI is InChI=1S/C31H26O12/c32-14-7-21(38)25-24(8-14)43-31(13-2-4-17(34)20(37)6-13)11-41-23-10-18(35)15-9-22(39)28(12-1-3-16(33)19(36)5-12)42-29(15)26(23)27(25)30(31)40/h1-8,10,22,27-28,30,32-40H,9,11H2/t22-,27-,28-,30-,31-/m1/s1. The van der Waals surface area contributed by atoms with Crippen LogP contribution in [0.2, 0.25) is 0 Å². The molecule has 0 aliphatic carbocycles. The summed E-state index contributed by atoms with van der Waals surface area (Å²) in [6, 6.07) is 11.4. The maximum atomic E-state index is 12.1. The van der Waals surface area contributed by atoms with E-state index in [-0.39, 0.29) is 69.8 Å². The van der Waals surface area contributed by atoms with E-state index in [1.54, 1.807) is 0 Å². The molecule has 4 aromatic carbocycles. The lowest BCUT2D eigenvalue weighted by Crippen LogP contribution is -2.53. The molecule has 2 bridgehead atoms. The highest BCUT2D eigenvalue weighted by molar-refractivity contribution is 5.67. The molecule has 3 aliphatic heterocycles. The van der Waals surface area contributed by atoms with Gasteiger partial charge >= 0.3 is 0 Å². The number of ether oxygens (including phenoxy) is 3. The van der Waals surface area contributed by atoms with Crippen molar-refractivity contribution in [3.05, 3.63) is 82.4 Å². The van der Waals surface area contributed by atoms with Crippen molar-refractivity contribution in [2.75, 3.05) is 6.61 Å². The molecule has 0 aromatic heterocycles. The van der Waals surface area contributed by atoms with Crippen LogP contribution in [-0.2, 0) is 12.0 Å². The molecular formula is C31H26O12. The summed E-state index contributed by atoms with van der Waals surface area (Å²) < 4.78 is 18.8. The van der Waals surface area contributed by atoms with E-state index >= 15 is 0 Å². The van der Waals surface area contributed by atoms with Gasteiger partial charge in [0, 0.05) is 46.9 Å². The Balaban J connectivity index is 1.47. The average Bonchev–Trinajstić information content (AvgIpc) is 3.02. The van der Waals surface area contributed by atoms with Gasteiger partial charge in [-0.2, -0.15) is 0 Å². The van der Waals surface area contributed by atoms with Crippen LogP contribution < -0.4 is 14.2 Å². The lowest BCUT2D eigenvalue weighted by atomic mass is 9.72. The van der Waals surface area contributed by atoms with Crippen LogP contribution in [0.15, 0.2) is 54.6 Å². The highest BCUT2D eigenvalue weighted by Gasteiger charge is 2.57. The van der Waals surface area contributed by atoms with E-state index in [4.69, 9.17) is 14.2 Å². The zero-order chi connectivity index (χ0) is 30.4. The van der Waals surface area contributed by atoms with E-state index in [1.807, 2.05) is 0 Å². The van der Waals surface area contributed by atoms with Gasteiger partial charge in [0.2, 0.25) is 0 Å². The molecule has 0 spiro atoms. The molecule has 0 saturated heterocycles. The maximum Gasteiger partial charge on any atom is 0.194 e. The fourth-order valence-electron chi connectivity index (χ4n) is 6.34. The Bertz CT molecular complexity index is 1800. The highest BCUT2D eigenvalue weighted by atomic mass is 16.6. The Morgan fingerprint density at radius 3 is 2.12 bits per heavy atom. The number of phenolic OH excluding ortho intramolecular Hbond substituents is 7. The average molecular weight is 591 g/mol. The number of aromatic hydroxyl groups is 7. The van der Waals surface area contributed by atoms with Gasteiger partial charge in [0.1, 0.15) is 53.3 Å². The molecule has 12 nitrogen and oxygen atoms in total. The minimum atomic E-state index is -1.76. The number of phenols is 7. The van der Waals surface area contributed by atoms with Crippen molar-refractivity contribution in [2.45, 2.75) is 36.3 Å². The summed E-state index contributed by atoms with van der Waals surface area (Å²) in [7, 11) is 0. The summed E-state index contributed by atoms with van der Waals surface area (Å²) in [5.41, 5.74) is -0.765. The van der Waals surface area contributed by atoms with E-state index in [1.165, 1.54) is 48.5 Å². The normalized spacial score (nSPS) is 25.2. The lowest BCUT2D eigenvalue weighted by Gasteiger charge is -2.45. The summed E-state index contributed by atoms with van der Waals surface area (Å²) in [4.78, 5) is 0. The van der Waals surface area contributed by atoms with Crippen LogP contribution in [0.1, 0.15) is 39.8 Å². The largest absolute Gasteiger partial charge is 0.508 e. The molecule has 5 atom stereocenters. The first-order chi connectivity index (χ1) is 20.5. The first kappa shape index (κ1) is 26.7. The molecule has 7 rings (SSSR count). The van der Waals surface area contributed by atoms with Gasteiger partial charge in [-0.05, 0) is 29.8 Å². The number of aliphatic hydroxyl groups is 2. The van der Waals surface area contributed by atoms with Gasteiger partial charge in [-0.15, -0.1) is 0 Å². The van der Waals surface area contributed by atoms with Crippen LogP contribution in [0.25, 0.3) is 0 Å². The number of fused-ring (bicyclic) bond motifs is 8. The Labute approximate surface area is 243 Å². The van der Waals surface area contributed by atoms with Gasteiger partial charge in [0.15, 0.2) is 28.6 Å². The monoisotopic (exact) mass is 590 g/mol. The molecule has 9 N–H and O–H groups in total. The first-order valence-electron chi connectivity index (χ1n) is 13.3. The third kappa shape index (κ3) is 3.84.